The molecule has 1 N–H and O–H groups in total. The minimum absolute atomic E-state index is 0.444. The molecule has 0 saturated carbocycles. The number of hydrogen-bond donors (Lipinski definition) is 1. The van der Waals surface area contributed by atoms with Gasteiger partial charge in [-0.25, -0.2) is 0 Å². The molecule has 0 unspecified atom stereocenters. The molecule has 0 bridgehead atoms. The molecule has 0 spiro atoms. The van der Waals surface area contributed by atoms with E-state index in [4.69, 9.17) is 9.47 Å². The zero-order valence-corrected chi connectivity index (χ0v) is 15.1. The highest BCUT2D eigenvalue weighted by Gasteiger charge is 2.11. The number of halogens is 1. The second-order valence-corrected chi connectivity index (χ2v) is 5.76. The summed E-state index contributed by atoms with van der Waals surface area (Å²) in [5.41, 5.74) is 4.87. The molecule has 0 atom stereocenters. The van der Waals surface area contributed by atoms with E-state index in [0.717, 1.165) is 20.6 Å². The first kappa shape index (κ1) is 17.3. The van der Waals surface area contributed by atoms with Gasteiger partial charge in [0.25, 0.3) is 0 Å². The van der Waals surface area contributed by atoms with Crippen LogP contribution in [-0.4, -0.2) is 19.4 Å². The quantitative estimate of drug-likeness (QED) is 0.290. The van der Waals surface area contributed by atoms with Crippen molar-refractivity contribution in [1.29, 1.82) is 0 Å². The van der Waals surface area contributed by atoms with E-state index in [0.29, 0.717) is 19.0 Å². The van der Waals surface area contributed by atoms with Crippen molar-refractivity contribution in [2.75, 3.05) is 18.6 Å². The SMILES string of the molecule is C=CCOc1c(I)cc(C=NNc2ccccc2)cc1OCC. The van der Waals surface area contributed by atoms with Gasteiger partial charge >= 0.3 is 0 Å². The molecule has 0 amide bonds. The molecule has 0 aliphatic heterocycles. The van der Waals surface area contributed by atoms with E-state index in [9.17, 15) is 0 Å². The lowest BCUT2D eigenvalue weighted by Crippen LogP contribution is -2.02. The van der Waals surface area contributed by atoms with Crippen molar-refractivity contribution in [3.63, 3.8) is 0 Å². The van der Waals surface area contributed by atoms with Crippen LogP contribution < -0.4 is 14.9 Å². The van der Waals surface area contributed by atoms with Crippen LogP contribution in [0, 0.1) is 3.57 Å². The topological polar surface area (TPSA) is 42.8 Å². The first-order valence-corrected chi connectivity index (χ1v) is 8.36. The van der Waals surface area contributed by atoms with E-state index in [1.54, 1.807) is 12.3 Å². The van der Waals surface area contributed by atoms with Crippen LogP contribution in [0.4, 0.5) is 5.69 Å². The summed E-state index contributed by atoms with van der Waals surface area (Å²) in [4.78, 5) is 0. The van der Waals surface area contributed by atoms with E-state index in [1.807, 2.05) is 49.4 Å². The normalized spacial score (nSPS) is 10.5. The van der Waals surface area contributed by atoms with E-state index >= 15 is 0 Å². The van der Waals surface area contributed by atoms with Gasteiger partial charge in [0.05, 0.1) is 22.1 Å². The highest BCUT2D eigenvalue weighted by atomic mass is 127. The van der Waals surface area contributed by atoms with Crippen molar-refractivity contribution in [1.82, 2.24) is 0 Å². The summed E-state index contributed by atoms with van der Waals surface area (Å²) >= 11 is 2.23. The molecule has 23 heavy (non-hydrogen) atoms. The van der Waals surface area contributed by atoms with Gasteiger partial charge in [-0.15, -0.1) is 0 Å². The molecule has 120 valence electrons. The lowest BCUT2D eigenvalue weighted by atomic mass is 10.2. The van der Waals surface area contributed by atoms with Crippen molar-refractivity contribution in [3.05, 3.63) is 64.3 Å². The molecule has 0 saturated heterocycles. The van der Waals surface area contributed by atoms with Gasteiger partial charge in [0.15, 0.2) is 11.5 Å². The molecule has 0 aliphatic carbocycles. The maximum Gasteiger partial charge on any atom is 0.174 e. The van der Waals surface area contributed by atoms with Gasteiger partial charge in [-0.1, -0.05) is 30.9 Å². The average Bonchev–Trinajstić information content (AvgIpc) is 2.55. The Morgan fingerprint density at radius 1 is 1.22 bits per heavy atom. The van der Waals surface area contributed by atoms with Gasteiger partial charge < -0.3 is 9.47 Å². The van der Waals surface area contributed by atoms with Crippen molar-refractivity contribution >= 4 is 34.5 Å². The zero-order valence-electron chi connectivity index (χ0n) is 13.0. The van der Waals surface area contributed by atoms with E-state index in [2.05, 4.69) is 39.7 Å². The molecule has 0 fully saturated rings. The maximum atomic E-state index is 5.69. The fourth-order valence-corrected chi connectivity index (χ4v) is 2.68. The highest BCUT2D eigenvalue weighted by molar-refractivity contribution is 14.1. The monoisotopic (exact) mass is 422 g/mol. The molecule has 0 aromatic heterocycles. The fraction of sp³-hybridized carbons (Fsp3) is 0.167. The maximum absolute atomic E-state index is 5.69. The molecule has 4 nitrogen and oxygen atoms in total. The van der Waals surface area contributed by atoms with E-state index in [-0.39, 0.29) is 0 Å². The summed E-state index contributed by atoms with van der Waals surface area (Å²) in [7, 11) is 0. The van der Waals surface area contributed by atoms with E-state index in [1.165, 1.54) is 0 Å². The summed E-state index contributed by atoms with van der Waals surface area (Å²) < 4.78 is 12.3. The Bertz CT molecular complexity index is 672. The number of nitrogens with zero attached hydrogens (tertiary/aromatic N) is 1. The van der Waals surface area contributed by atoms with Crippen LogP contribution in [0.2, 0.25) is 0 Å². The molecule has 2 aromatic carbocycles. The van der Waals surface area contributed by atoms with Crippen LogP contribution in [0.5, 0.6) is 11.5 Å². The third-order valence-corrected chi connectivity index (χ3v) is 3.66. The summed E-state index contributed by atoms with van der Waals surface area (Å²) in [6, 6.07) is 13.7. The average molecular weight is 422 g/mol. The largest absolute Gasteiger partial charge is 0.490 e. The number of nitrogens with one attached hydrogen (secondary N) is 1. The minimum Gasteiger partial charge on any atom is -0.490 e. The molecular weight excluding hydrogens is 403 g/mol. The highest BCUT2D eigenvalue weighted by Crippen LogP contribution is 2.33. The molecule has 2 rings (SSSR count). The van der Waals surface area contributed by atoms with Crippen molar-refractivity contribution < 1.29 is 9.47 Å². The molecular formula is C18H19IN2O2. The van der Waals surface area contributed by atoms with Crippen molar-refractivity contribution in [3.8, 4) is 11.5 Å². The summed E-state index contributed by atoms with van der Waals surface area (Å²) in [5.74, 6) is 1.45. The third-order valence-electron chi connectivity index (χ3n) is 2.86. The number of hydrogen-bond acceptors (Lipinski definition) is 4. The Balaban J connectivity index is 2.17. The number of hydrazone groups is 1. The Kier molecular flexibility index (Phi) is 6.93. The second-order valence-electron chi connectivity index (χ2n) is 4.60. The zero-order chi connectivity index (χ0) is 16.5. The standard InChI is InChI=1S/C18H19IN2O2/c1-3-10-23-18-16(19)11-14(12-17(18)22-4-2)13-20-21-15-8-6-5-7-9-15/h3,5-9,11-13,21H,1,4,10H2,2H3. The number of ether oxygens (including phenoxy) is 2. The number of para-hydroxylation sites is 1. The van der Waals surface area contributed by atoms with Crippen LogP contribution in [0.1, 0.15) is 12.5 Å². The molecule has 0 heterocycles. The predicted octanol–water partition coefficient (Wildman–Crippen LogP) is 4.70. The van der Waals surface area contributed by atoms with Gasteiger partial charge in [0, 0.05) is 0 Å². The molecule has 0 radical (unpaired) electrons. The first-order chi connectivity index (χ1) is 11.2. The molecule has 5 heteroatoms. The smallest absolute Gasteiger partial charge is 0.174 e. The second kappa shape index (κ2) is 9.19. The van der Waals surface area contributed by atoms with Crippen molar-refractivity contribution in [2.45, 2.75) is 6.92 Å². The molecule has 2 aromatic rings. The minimum atomic E-state index is 0.444. The van der Waals surface area contributed by atoms with Gasteiger partial charge in [-0.3, -0.25) is 5.43 Å². The fourth-order valence-electron chi connectivity index (χ4n) is 1.90. The predicted molar refractivity (Wildman–Crippen MR) is 104 cm³/mol. The third kappa shape index (κ3) is 5.28. The van der Waals surface area contributed by atoms with Gasteiger partial charge in [-0.05, 0) is 59.3 Å². The Morgan fingerprint density at radius 3 is 2.70 bits per heavy atom. The summed E-state index contributed by atoms with van der Waals surface area (Å²) in [6.07, 6.45) is 3.47. The van der Waals surface area contributed by atoms with Crippen LogP contribution in [0.3, 0.4) is 0 Å². The molecule has 0 aliphatic rings. The Labute approximate surface area is 150 Å². The number of anilines is 1. The van der Waals surface area contributed by atoms with Crippen molar-refractivity contribution in [2.24, 2.45) is 5.10 Å². The van der Waals surface area contributed by atoms with Gasteiger partial charge in [-0.2, -0.15) is 5.10 Å². The van der Waals surface area contributed by atoms with E-state index < -0.39 is 0 Å². The summed E-state index contributed by atoms with van der Waals surface area (Å²) in [6.45, 7) is 6.63. The first-order valence-electron chi connectivity index (χ1n) is 7.28. The lowest BCUT2D eigenvalue weighted by Gasteiger charge is -2.13. The Hall–Kier alpha value is -2.02. The van der Waals surface area contributed by atoms with Crippen LogP contribution in [0.15, 0.2) is 60.2 Å². The number of rotatable bonds is 8. The van der Waals surface area contributed by atoms with Crippen LogP contribution in [-0.2, 0) is 0 Å². The number of benzene rings is 2. The summed E-state index contributed by atoms with van der Waals surface area (Å²) in [5, 5.41) is 4.26. The van der Waals surface area contributed by atoms with Gasteiger partial charge in [0.2, 0.25) is 0 Å². The van der Waals surface area contributed by atoms with Crippen LogP contribution >= 0.6 is 22.6 Å². The van der Waals surface area contributed by atoms with Gasteiger partial charge in [0.1, 0.15) is 6.61 Å². The lowest BCUT2D eigenvalue weighted by molar-refractivity contribution is 0.295. The van der Waals surface area contributed by atoms with Crippen LogP contribution in [0.25, 0.3) is 0 Å². The Morgan fingerprint density at radius 2 is 2.00 bits per heavy atom.